The lowest BCUT2D eigenvalue weighted by Gasteiger charge is -2.51. The molecule has 0 radical (unpaired) electrons. The second-order valence-corrected chi connectivity index (χ2v) is 6.67. The molecule has 2 fully saturated rings. The van der Waals surface area contributed by atoms with Crippen LogP contribution < -0.4 is 4.74 Å². The first-order chi connectivity index (χ1) is 8.21. The van der Waals surface area contributed by atoms with Crippen molar-refractivity contribution in [3.8, 4) is 5.75 Å². The molecule has 0 aromatic heterocycles. The van der Waals surface area contributed by atoms with Crippen LogP contribution in [-0.2, 0) is 0 Å². The predicted molar refractivity (Wildman–Crippen MR) is 73.8 cm³/mol. The van der Waals surface area contributed by atoms with Gasteiger partial charge in [0.1, 0.15) is 11.9 Å². The van der Waals surface area contributed by atoms with Crippen LogP contribution in [0.4, 0.5) is 0 Å². The SMILES string of the molecule is Cc1ccc(OC2CC(Br)C23CCCC3)cc1. The Morgan fingerprint density at radius 2 is 1.82 bits per heavy atom. The standard InChI is InChI=1S/C15H19BrO/c1-11-4-6-12(7-5-11)17-14-10-13(16)15(14)8-2-3-9-15/h4-7,13-14H,2-3,8-10H2,1H3. The van der Waals surface area contributed by atoms with Crippen LogP contribution in [0.25, 0.3) is 0 Å². The Hall–Kier alpha value is -0.500. The summed E-state index contributed by atoms with van der Waals surface area (Å²) in [5.41, 5.74) is 1.73. The molecule has 17 heavy (non-hydrogen) atoms. The van der Waals surface area contributed by atoms with Gasteiger partial charge in [-0.3, -0.25) is 0 Å². The monoisotopic (exact) mass is 294 g/mol. The molecule has 2 heteroatoms. The molecule has 2 unspecified atom stereocenters. The fourth-order valence-corrected chi connectivity index (χ4v) is 4.41. The fraction of sp³-hybridized carbons (Fsp3) is 0.600. The number of aryl methyl sites for hydroxylation is 1. The van der Waals surface area contributed by atoms with Crippen molar-refractivity contribution in [1.29, 1.82) is 0 Å². The van der Waals surface area contributed by atoms with Crippen LogP contribution in [0.1, 0.15) is 37.7 Å². The van der Waals surface area contributed by atoms with E-state index in [1.165, 1.54) is 31.2 Å². The number of hydrogen-bond acceptors (Lipinski definition) is 1. The van der Waals surface area contributed by atoms with Gasteiger partial charge in [0.05, 0.1) is 0 Å². The molecule has 0 heterocycles. The average molecular weight is 295 g/mol. The smallest absolute Gasteiger partial charge is 0.119 e. The number of ether oxygens (including phenoxy) is 1. The molecule has 1 spiro atoms. The molecule has 3 rings (SSSR count). The van der Waals surface area contributed by atoms with Gasteiger partial charge in [-0.15, -0.1) is 0 Å². The lowest BCUT2D eigenvalue weighted by molar-refractivity contribution is -0.0303. The van der Waals surface area contributed by atoms with E-state index in [9.17, 15) is 0 Å². The zero-order chi connectivity index (χ0) is 11.9. The van der Waals surface area contributed by atoms with Gasteiger partial charge in [-0.1, -0.05) is 46.5 Å². The molecule has 0 N–H and O–H groups in total. The first kappa shape index (κ1) is 11.6. The fourth-order valence-electron chi connectivity index (χ4n) is 3.31. The van der Waals surface area contributed by atoms with E-state index in [2.05, 4.69) is 47.1 Å². The summed E-state index contributed by atoms with van der Waals surface area (Å²) in [6, 6.07) is 8.45. The van der Waals surface area contributed by atoms with Gasteiger partial charge in [0.15, 0.2) is 0 Å². The molecule has 2 aliphatic rings. The molecule has 92 valence electrons. The third kappa shape index (κ3) is 1.91. The number of benzene rings is 1. The first-order valence-corrected chi connectivity index (χ1v) is 7.50. The van der Waals surface area contributed by atoms with Crippen LogP contribution in [0.5, 0.6) is 5.75 Å². The minimum atomic E-state index is 0.428. The summed E-state index contributed by atoms with van der Waals surface area (Å²) >= 11 is 3.83. The van der Waals surface area contributed by atoms with Crippen LogP contribution in [-0.4, -0.2) is 10.9 Å². The van der Waals surface area contributed by atoms with Crippen molar-refractivity contribution in [2.75, 3.05) is 0 Å². The van der Waals surface area contributed by atoms with Gasteiger partial charge < -0.3 is 4.74 Å². The normalized spacial score (nSPS) is 30.2. The Labute approximate surface area is 112 Å². The first-order valence-electron chi connectivity index (χ1n) is 6.58. The maximum Gasteiger partial charge on any atom is 0.119 e. The molecule has 2 atom stereocenters. The second kappa shape index (κ2) is 4.31. The molecule has 2 aliphatic carbocycles. The Morgan fingerprint density at radius 1 is 1.18 bits per heavy atom. The van der Waals surface area contributed by atoms with Crippen molar-refractivity contribution >= 4 is 15.9 Å². The molecule has 1 aromatic rings. The summed E-state index contributed by atoms with van der Waals surface area (Å²) in [6.45, 7) is 2.11. The lowest BCUT2D eigenvalue weighted by atomic mass is 9.64. The second-order valence-electron chi connectivity index (χ2n) is 5.56. The van der Waals surface area contributed by atoms with Crippen molar-refractivity contribution < 1.29 is 4.74 Å². The third-order valence-electron chi connectivity index (χ3n) is 4.52. The number of rotatable bonds is 2. The van der Waals surface area contributed by atoms with Gasteiger partial charge in [0.25, 0.3) is 0 Å². The van der Waals surface area contributed by atoms with Crippen molar-refractivity contribution in [2.45, 2.75) is 50.0 Å². The highest BCUT2D eigenvalue weighted by Gasteiger charge is 2.56. The van der Waals surface area contributed by atoms with E-state index in [1.54, 1.807) is 0 Å². The van der Waals surface area contributed by atoms with Gasteiger partial charge in [-0.05, 0) is 38.3 Å². The van der Waals surface area contributed by atoms with Crippen LogP contribution >= 0.6 is 15.9 Å². The lowest BCUT2D eigenvalue weighted by Crippen LogP contribution is -2.55. The molecule has 0 aliphatic heterocycles. The van der Waals surface area contributed by atoms with Crippen molar-refractivity contribution in [2.24, 2.45) is 5.41 Å². The third-order valence-corrected chi connectivity index (χ3v) is 5.81. The summed E-state index contributed by atoms with van der Waals surface area (Å²) in [5, 5.41) is 0. The molecule has 0 saturated heterocycles. The number of hydrogen-bond donors (Lipinski definition) is 0. The summed E-state index contributed by atoms with van der Waals surface area (Å²) < 4.78 is 6.18. The Morgan fingerprint density at radius 3 is 2.41 bits per heavy atom. The summed E-state index contributed by atoms with van der Waals surface area (Å²) in [7, 11) is 0. The molecular weight excluding hydrogens is 276 g/mol. The Kier molecular flexibility index (Phi) is 2.94. The Bertz CT molecular complexity index is 392. The van der Waals surface area contributed by atoms with Gasteiger partial charge in [-0.25, -0.2) is 0 Å². The van der Waals surface area contributed by atoms with E-state index in [1.807, 2.05) is 0 Å². The van der Waals surface area contributed by atoms with E-state index >= 15 is 0 Å². The van der Waals surface area contributed by atoms with Crippen LogP contribution in [0.3, 0.4) is 0 Å². The average Bonchev–Trinajstić information content (AvgIpc) is 2.83. The maximum absolute atomic E-state index is 6.18. The zero-order valence-corrected chi connectivity index (χ0v) is 11.9. The summed E-state index contributed by atoms with van der Waals surface area (Å²) in [6.07, 6.45) is 7.00. The summed E-state index contributed by atoms with van der Waals surface area (Å²) in [5.74, 6) is 1.03. The highest BCUT2D eigenvalue weighted by Crippen LogP contribution is 2.57. The van der Waals surface area contributed by atoms with E-state index in [4.69, 9.17) is 4.74 Å². The van der Waals surface area contributed by atoms with E-state index in [0.29, 0.717) is 16.3 Å². The van der Waals surface area contributed by atoms with Crippen molar-refractivity contribution in [3.63, 3.8) is 0 Å². The van der Waals surface area contributed by atoms with Crippen LogP contribution in [0, 0.1) is 12.3 Å². The molecule has 2 saturated carbocycles. The highest BCUT2D eigenvalue weighted by molar-refractivity contribution is 9.09. The minimum absolute atomic E-state index is 0.428. The topological polar surface area (TPSA) is 9.23 Å². The van der Waals surface area contributed by atoms with Crippen LogP contribution in [0.2, 0.25) is 0 Å². The largest absolute Gasteiger partial charge is 0.490 e. The van der Waals surface area contributed by atoms with Gasteiger partial charge in [0, 0.05) is 10.2 Å². The number of alkyl halides is 1. The zero-order valence-electron chi connectivity index (χ0n) is 10.3. The quantitative estimate of drug-likeness (QED) is 0.731. The maximum atomic E-state index is 6.18. The van der Waals surface area contributed by atoms with Crippen molar-refractivity contribution in [1.82, 2.24) is 0 Å². The van der Waals surface area contributed by atoms with Crippen molar-refractivity contribution in [3.05, 3.63) is 29.8 Å². The number of halogens is 1. The molecule has 1 nitrogen and oxygen atoms in total. The minimum Gasteiger partial charge on any atom is -0.490 e. The van der Waals surface area contributed by atoms with Crippen LogP contribution in [0.15, 0.2) is 24.3 Å². The van der Waals surface area contributed by atoms with Gasteiger partial charge in [0.2, 0.25) is 0 Å². The van der Waals surface area contributed by atoms with E-state index < -0.39 is 0 Å². The summed E-state index contributed by atoms with van der Waals surface area (Å²) in [4.78, 5) is 0.674. The van der Waals surface area contributed by atoms with Gasteiger partial charge >= 0.3 is 0 Å². The molecule has 1 aromatic carbocycles. The molecule has 0 amide bonds. The van der Waals surface area contributed by atoms with E-state index in [0.717, 1.165) is 12.2 Å². The molecular formula is C15H19BrO. The Balaban J connectivity index is 1.72. The van der Waals surface area contributed by atoms with E-state index in [-0.39, 0.29) is 0 Å². The predicted octanol–water partition coefficient (Wildman–Crippen LogP) is 4.47. The van der Waals surface area contributed by atoms with Gasteiger partial charge in [-0.2, -0.15) is 0 Å². The molecule has 0 bridgehead atoms. The highest BCUT2D eigenvalue weighted by atomic mass is 79.9.